The number of nitrogen functional groups attached to an aromatic ring is 2. The molecule has 0 amide bonds. The van der Waals surface area contributed by atoms with Gasteiger partial charge in [-0.1, -0.05) is 109 Å². The van der Waals surface area contributed by atoms with E-state index in [-0.39, 0.29) is 33.3 Å². The number of hydrogen-bond acceptors (Lipinski definition) is 8. The Labute approximate surface area is 272 Å². The third-order valence-corrected chi connectivity index (χ3v) is 6.92. The normalized spacial score (nSPS) is 10.6. The van der Waals surface area contributed by atoms with E-state index in [4.69, 9.17) is 103 Å². The van der Waals surface area contributed by atoms with Crippen molar-refractivity contribution >= 4 is 92.6 Å². The van der Waals surface area contributed by atoms with E-state index in [1.54, 1.807) is 24.3 Å². The number of rotatable bonds is 4. The molecule has 0 atom stereocenters. The quantitative estimate of drug-likeness (QED) is 0.141. The predicted octanol–water partition coefficient (Wildman–Crippen LogP) is 10.1. The predicted molar refractivity (Wildman–Crippen MR) is 171 cm³/mol. The van der Waals surface area contributed by atoms with Crippen LogP contribution in [0.4, 0.5) is 11.4 Å². The average Bonchev–Trinajstić information content (AvgIpc) is 2.87. The average molecular weight is 702 g/mol. The first-order valence-electron chi connectivity index (χ1n) is 11.7. The minimum Gasteiger partial charge on any atom is -0.505 e. The van der Waals surface area contributed by atoms with Gasteiger partial charge in [-0.25, -0.2) is 0 Å². The molecule has 2 aromatic carbocycles. The Hall–Kier alpha value is -2.17. The first-order chi connectivity index (χ1) is 19.1. The summed E-state index contributed by atoms with van der Waals surface area (Å²) in [5.41, 5.74) is 13.6. The van der Waals surface area contributed by atoms with Crippen molar-refractivity contribution in [2.45, 2.75) is 39.5 Å². The largest absolute Gasteiger partial charge is 0.505 e. The maximum Gasteiger partial charge on any atom is 0.239 e. The van der Waals surface area contributed by atoms with Crippen LogP contribution in [0, 0.1) is 0 Å². The molecule has 0 bridgehead atoms. The fraction of sp³-hybridized carbons (Fsp3) is 0.231. The molecule has 2 heterocycles. The van der Waals surface area contributed by atoms with Gasteiger partial charge in [0.25, 0.3) is 0 Å². The summed E-state index contributed by atoms with van der Waals surface area (Å²) in [5, 5.41) is 26.1. The molecule has 5 N–H and O–H groups in total. The molecule has 0 fully saturated rings. The van der Waals surface area contributed by atoms with E-state index < -0.39 is 0 Å². The van der Waals surface area contributed by atoms with E-state index in [9.17, 15) is 0 Å². The highest BCUT2D eigenvalue weighted by molar-refractivity contribution is 6.38. The molecular formula is C26H25Cl7N6O2. The van der Waals surface area contributed by atoms with Gasteiger partial charge in [-0.2, -0.15) is 0 Å². The number of phenols is 1. The zero-order valence-electron chi connectivity index (χ0n) is 22.1. The van der Waals surface area contributed by atoms with Crippen LogP contribution in [0.3, 0.4) is 0 Å². The first kappa shape index (κ1) is 35.0. The van der Waals surface area contributed by atoms with Gasteiger partial charge in [0.05, 0.1) is 20.1 Å². The van der Waals surface area contributed by atoms with Crippen molar-refractivity contribution in [3.8, 4) is 17.4 Å². The number of phenolic OH excluding ortho intramolecular Hbond substituents is 1. The van der Waals surface area contributed by atoms with Crippen LogP contribution < -0.4 is 16.2 Å². The zero-order valence-corrected chi connectivity index (χ0v) is 27.4. The van der Waals surface area contributed by atoms with Crippen molar-refractivity contribution in [3.63, 3.8) is 0 Å². The molecule has 0 unspecified atom stereocenters. The van der Waals surface area contributed by atoms with Crippen LogP contribution in [0.5, 0.6) is 17.4 Å². The summed E-state index contributed by atoms with van der Waals surface area (Å²) in [6, 6.07) is 9.42. The van der Waals surface area contributed by atoms with Crippen molar-refractivity contribution in [3.05, 3.63) is 83.1 Å². The molecule has 2 aromatic heterocycles. The van der Waals surface area contributed by atoms with Crippen LogP contribution in [0.15, 0.2) is 36.4 Å². The van der Waals surface area contributed by atoms with E-state index >= 15 is 0 Å². The maximum absolute atomic E-state index is 9.01. The van der Waals surface area contributed by atoms with E-state index in [1.165, 1.54) is 12.1 Å². The number of halogens is 7. The third kappa shape index (κ3) is 10.6. The van der Waals surface area contributed by atoms with Crippen molar-refractivity contribution in [1.82, 2.24) is 20.4 Å². The lowest BCUT2D eigenvalue weighted by molar-refractivity contribution is 0.454. The lowest BCUT2D eigenvalue weighted by Gasteiger charge is -2.11. The van der Waals surface area contributed by atoms with E-state index in [2.05, 4.69) is 20.4 Å². The topological polar surface area (TPSA) is 133 Å². The molecule has 4 aromatic rings. The molecule has 0 aliphatic rings. The van der Waals surface area contributed by atoms with Gasteiger partial charge in [-0.05, 0) is 53.3 Å². The first-order valence-corrected chi connectivity index (χ1v) is 14.3. The smallest absolute Gasteiger partial charge is 0.239 e. The summed E-state index contributed by atoms with van der Waals surface area (Å²) in [5.74, 6) is 0.950. The molecule has 0 aliphatic carbocycles. The van der Waals surface area contributed by atoms with Crippen LogP contribution >= 0.6 is 81.2 Å². The van der Waals surface area contributed by atoms with E-state index in [1.807, 2.05) is 27.7 Å². The Balaban J connectivity index is 0.000000236. The van der Waals surface area contributed by atoms with Gasteiger partial charge in [0, 0.05) is 17.4 Å². The third-order valence-electron chi connectivity index (χ3n) is 5.01. The molecule has 220 valence electrons. The van der Waals surface area contributed by atoms with Crippen LogP contribution in [0.25, 0.3) is 0 Å². The Kier molecular flexibility index (Phi) is 13.6. The van der Waals surface area contributed by atoms with Gasteiger partial charge >= 0.3 is 0 Å². The van der Waals surface area contributed by atoms with Gasteiger partial charge in [-0.15, -0.1) is 20.4 Å². The molecule has 0 saturated carbocycles. The lowest BCUT2D eigenvalue weighted by Crippen LogP contribution is -1.98. The van der Waals surface area contributed by atoms with Gasteiger partial charge in [0.2, 0.25) is 5.88 Å². The van der Waals surface area contributed by atoms with Gasteiger partial charge in [0.1, 0.15) is 0 Å². The second-order valence-corrected chi connectivity index (χ2v) is 11.6. The zero-order chi connectivity index (χ0) is 31.0. The molecule has 0 saturated heterocycles. The summed E-state index contributed by atoms with van der Waals surface area (Å²) in [6.45, 7) is 8.05. The number of anilines is 2. The Morgan fingerprint density at radius 3 is 1.46 bits per heavy atom. The van der Waals surface area contributed by atoms with Crippen LogP contribution in [0.2, 0.25) is 35.5 Å². The summed E-state index contributed by atoms with van der Waals surface area (Å²) in [7, 11) is 0. The number of ether oxygens (including phenoxy) is 1. The summed E-state index contributed by atoms with van der Waals surface area (Å²) < 4.78 is 5.59. The van der Waals surface area contributed by atoms with Gasteiger partial charge in [-0.3, -0.25) is 0 Å². The Morgan fingerprint density at radius 1 is 0.610 bits per heavy atom. The maximum atomic E-state index is 9.01. The number of hydrogen-bond donors (Lipinski definition) is 3. The molecule has 0 aliphatic heterocycles. The van der Waals surface area contributed by atoms with E-state index in [0.717, 1.165) is 11.1 Å². The highest BCUT2D eigenvalue weighted by atomic mass is 35.5. The van der Waals surface area contributed by atoms with Gasteiger partial charge < -0.3 is 21.3 Å². The van der Waals surface area contributed by atoms with Crippen LogP contribution in [0.1, 0.15) is 50.7 Å². The lowest BCUT2D eigenvalue weighted by atomic mass is 10.1. The minimum atomic E-state index is -0.127. The Morgan fingerprint density at radius 2 is 1.02 bits per heavy atom. The molecular weight excluding hydrogens is 676 g/mol. The fourth-order valence-corrected chi connectivity index (χ4v) is 4.83. The van der Waals surface area contributed by atoms with Crippen LogP contribution in [-0.2, 0) is 0 Å². The van der Waals surface area contributed by atoms with Crippen LogP contribution in [-0.4, -0.2) is 25.5 Å². The molecule has 0 spiro atoms. The Bertz CT molecular complexity index is 1460. The SMILES string of the molecule is CC(C)c1cc(Cl)nnc1Cl.CC(C)c1cc(Oc2c(Cl)cc(N)cc2Cl)nnc1Cl.Nc1cc(Cl)c(O)c(Cl)c1. The summed E-state index contributed by atoms with van der Waals surface area (Å²) >= 11 is 40.5. The van der Waals surface area contributed by atoms with Crippen molar-refractivity contribution in [1.29, 1.82) is 0 Å². The highest BCUT2D eigenvalue weighted by Gasteiger charge is 2.14. The van der Waals surface area contributed by atoms with Crippen molar-refractivity contribution in [2.24, 2.45) is 0 Å². The number of benzene rings is 2. The summed E-state index contributed by atoms with van der Waals surface area (Å²) in [6.07, 6.45) is 0. The fourth-order valence-electron chi connectivity index (χ4n) is 2.96. The van der Waals surface area contributed by atoms with Gasteiger partial charge in [0.15, 0.2) is 27.0 Å². The molecule has 41 heavy (non-hydrogen) atoms. The molecule has 8 nitrogen and oxygen atoms in total. The van der Waals surface area contributed by atoms with Crippen molar-refractivity contribution < 1.29 is 9.84 Å². The monoisotopic (exact) mass is 698 g/mol. The standard InChI is InChI=1S/C13H12Cl3N3O.C7H8Cl2N2.C6H5Cl2NO/c1-6(2)8-5-11(18-19-13(8)16)20-12-9(14)3-7(17)4-10(12)15;1-4(2)5-3-6(8)10-11-7(5)9;7-4-1-3(9)2-5(8)6(4)10/h3-6H,17H2,1-2H3;3-4H,1-2H3;1-2,10H,9H2. The number of aromatic nitrogens is 4. The number of nitrogens with zero attached hydrogens (tertiary/aromatic N) is 4. The highest BCUT2D eigenvalue weighted by Crippen LogP contribution is 2.38. The second kappa shape index (κ2) is 15.9. The summed E-state index contributed by atoms with van der Waals surface area (Å²) in [4.78, 5) is 0. The number of aromatic hydroxyl groups is 1. The second-order valence-electron chi connectivity index (χ2n) is 8.90. The van der Waals surface area contributed by atoms with Crippen molar-refractivity contribution in [2.75, 3.05) is 11.5 Å². The molecule has 0 radical (unpaired) electrons. The number of nitrogens with two attached hydrogens (primary N) is 2. The molecule has 4 rings (SSSR count). The molecule has 15 heteroatoms. The minimum absolute atomic E-state index is 0.127. The van der Waals surface area contributed by atoms with E-state index in [0.29, 0.717) is 42.8 Å².